The molecule has 1 aliphatic heterocycles. The largest absolute Gasteiger partial charge is 0.369 e. The Morgan fingerprint density at radius 2 is 1.54 bits per heavy atom. The van der Waals surface area contributed by atoms with Crippen LogP contribution in [-0.4, -0.2) is 41.8 Å². The van der Waals surface area contributed by atoms with Crippen LogP contribution in [0, 0.1) is 17.8 Å². The molecule has 1 saturated heterocycles. The first-order valence-corrected chi connectivity index (χ1v) is 9.28. The number of nitrogens with zero attached hydrogens (tertiary/aromatic N) is 1. The lowest BCUT2D eigenvalue weighted by molar-refractivity contribution is -0.141. The molecule has 1 saturated carbocycles. The van der Waals surface area contributed by atoms with E-state index < -0.39 is 6.04 Å². The van der Waals surface area contributed by atoms with Gasteiger partial charge in [0.25, 0.3) is 0 Å². The van der Waals surface area contributed by atoms with Crippen LogP contribution < -0.4 is 11.1 Å². The first kappa shape index (κ1) is 18.7. The Bertz CT molecular complexity index is 464. The summed E-state index contributed by atoms with van der Waals surface area (Å²) in [5.74, 6) is -0.338. The Morgan fingerprint density at radius 1 is 0.958 bits per heavy atom. The van der Waals surface area contributed by atoms with Crippen LogP contribution in [0.1, 0.15) is 58.8 Å². The zero-order valence-corrected chi connectivity index (χ0v) is 14.9. The fraction of sp³-hybridized carbons (Fsp3) is 0.833. The number of hydrogen-bond acceptors (Lipinski definition) is 3. The topological polar surface area (TPSA) is 92.5 Å². The van der Waals surface area contributed by atoms with E-state index >= 15 is 0 Å². The number of carbonyl (C=O) groups is 3. The standard InChI is InChI=1S/C18H31N3O3/c1-12(2)15(20-17(23)14-6-4-3-5-7-14)18(24)21-10-8-13(9-11-21)16(19)22/h12-15H,3-11H2,1-2H3,(H2,19,22)(H,20,23)/t15-/m1/s1. The predicted octanol–water partition coefficient (Wildman–Crippen LogP) is 1.43. The molecule has 6 nitrogen and oxygen atoms in total. The zero-order valence-electron chi connectivity index (χ0n) is 14.9. The second kappa shape index (κ2) is 8.49. The molecular weight excluding hydrogens is 306 g/mol. The molecule has 136 valence electrons. The summed E-state index contributed by atoms with van der Waals surface area (Å²) in [6.45, 7) is 4.99. The second-order valence-electron chi connectivity index (χ2n) is 7.57. The Kier molecular flexibility index (Phi) is 6.63. The Hall–Kier alpha value is -1.59. The molecule has 0 aromatic rings. The van der Waals surface area contributed by atoms with Crippen LogP contribution in [-0.2, 0) is 14.4 Å². The molecule has 0 spiro atoms. The van der Waals surface area contributed by atoms with E-state index in [4.69, 9.17) is 5.73 Å². The molecule has 6 heteroatoms. The van der Waals surface area contributed by atoms with E-state index in [9.17, 15) is 14.4 Å². The van der Waals surface area contributed by atoms with Crippen molar-refractivity contribution in [1.29, 1.82) is 0 Å². The molecule has 3 amide bonds. The summed E-state index contributed by atoms with van der Waals surface area (Å²) in [4.78, 5) is 38.4. The summed E-state index contributed by atoms with van der Waals surface area (Å²) in [5, 5.41) is 3.00. The van der Waals surface area contributed by atoms with Gasteiger partial charge in [0.15, 0.2) is 0 Å². The first-order chi connectivity index (χ1) is 11.4. The van der Waals surface area contributed by atoms with Crippen LogP contribution >= 0.6 is 0 Å². The number of amides is 3. The SMILES string of the molecule is CC(C)[C@@H](NC(=O)C1CCCCC1)C(=O)N1CCC(C(N)=O)CC1. The quantitative estimate of drug-likeness (QED) is 0.795. The molecular formula is C18H31N3O3. The lowest BCUT2D eigenvalue weighted by Gasteiger charge is -2.35. The fourth-order valence-electron chi connectivity index (χ4n) is 3.73. The number of primary amides is 1. The van der Waals surface area contributed by atoms with Gasteiger partial charge in [-0.3, -0.25) is 14.4 Å². The van der Waals surface area contributed by atoms with Crippen LogP contribution in [0.2, 0.25) is 0 Å². The molecule has 2 fully saturated rings. The van der Waals surface area contributed by atoms with E-state index in [-0.39, 0.29) is 35.5 Å². The monoisotopic (exact) mass is 337 g/mol. The molecule has 2 aliphatic rings. The number of hydrogen-bond donors (Lipinski definition) is 2. The maximum atomic E-state index is 12.8. The van der Waals surface area contributed by atoms with Crippen molar-refractivity contribution in [2.24, 2.45) is 23.5 Å². The van der Waals surface area contributed by atoms with Gasteiger partial charge >= 0.3 is 0 Å². The van der Waals surface area contributed by atoms with Crippen molar-refractivity contribution in [2.75, 3.05) is 13.1 Å². The minimum Gasteiger partial charge on any atom is -0.369 e. The van der Waals surface area contributed by atoms with Gasteiger partial charge in [-0.25, -0.2) is 0 Å². The summed E-state index contributed by atoms with van der Waals surface area (Å²) < 4.78 is 0. The van der Waals surface area contributed by atoms with Crippen molar-refractivity contribution in [3.05, 3.63) is 0 Å². The molecule has 0 unspecified atom stereocenters. The molecule has 3 N–H and O–H groups in total. The fourth-order valence-corrected chi connectivity index (χ4v) is 3.73. The smallest absolute Gasteiger partial charge is 0.245 e. The first-order valence-electron chi connectivity index (χ1n) is 9.28. The lowest BCUT2D eigenvalue weighted by atomic mass is 9.88. The molecule has 24 heavy (non-hydrogen) atoms. The number of likely N-dealkylation sites (tertiary alicyclic amines) is 1. The average Bonchev–Trinajstić information content (AvgIpc) is 2.59. The predicted molar refractivity (Wildman–Crippen MR) is 91.8 cm³/mol. The van der Waals surface area contributed by atoms with Gasteiger partial charge < -0.3 is 16.0 Å². The minimum absolute atomic E-state index is 0.0220. The van der Waals surface area contributed by atoms with Gasteiger partial charge in [-0.1, -0.05) is 33.1 Å². The van der Waals surface area contributed by atoms with Crippen molar-refractivity contribution < 1.29 is 14.4 Å². The number of nitrogens with two attached hydrogens (primary N) is 1. The molecule has 0 radical (unpaired) electrons. The molecule has 0 aromatic carbocycles. The number of nitrogens with one attached hydrogen (secondary N) is 1. The maximum Gasteiger partial charge on any atom is 0.245 e. The van der Waals surface area contributed by atoms with Gasteiger partial charge in [-0.05, 0) is 31.6 Å². The zero-order chi connectivity index (χ0) is 17.7. The van der Waals surface area contributed by atoms with Crippen LogP contribution in [0.25, 0.3) is 0 Å². The summed E-state index contributed by atoms with van der Waals surface area (Å²) >= 11 is 0. The van der Waals surface area contributed by atoms with E-state index in [1.54, 1.807) is 4.90 Å². The maximum absolute atomic E-state index is 12.8. The van der Waals surface area contributed by atoms with Crippen molar-refractivity contribution in [1.82, 2.24) is 10.2 Å². The Morgan fingerprint density at radius 3 is 2.04 bits per heavy atom. The number of piperidine rings is 1. The van der Waals surface area contributed by atoms with Gasteiger partial charge in [0.2, 0.25) is 17.7 Å². The second-order valence-corrected chi connectivity index (χ2v) is 7.57. The van der Waals surface area contributed by atoms with E-state index in [1.165, 1.54) is 6.42 Å². The molecule has 1 atom stereocenters. The normalized spacial score (nSPS) is 21.5. The van der Waals surface area contributed by atoms with Crippen LogP contribution in [0.5, 0.6) is 0 Å². The van der Waals surface area contributed by atoms with Crippen LogP contribution in [0.4, 0.5) is 0 Å². The Labute approximate surface area is 144 Å². The van der Waals surface area contributed by atoms with Gasteiger partial charge in [-0.2, -0.15) is 0 Å². The summed E-state index contributed by atoms with van der Waals surface area (Å²) in [7, 11) is 0. The van der Waals surface area contributed by atoms with Crippen molar-refractivity contribution in [3.8, 4) is 0 Å². The van der Waals surface area contributed by atoms with Crippen molar-refractivity contribution in [2.45, 2.75) is 64.8 Å². The minimum atomic E-state index is -0.482. The van der Waals surface area contributed by atoms with Crippen LogP contribution in [0.15, 0.2) is 0 Å². The molecule has 1 heterocycles. The summed E-state index contributed by atoms with van der Waals surface area (Å²) in [5.41, 5.74) is 5.35. The summed E-state index contributed by atoms with van der Waals surface area (Å²) in [6, 6.07) is -0.482. The van der Waals surface area contributed by atoms with Gasteiger partial charge in [0.1, 0.15) is 6.04 Å². The van der Waals surface area contributed by atoms with E-state index in [2.05, 4.69) is 5.32 Å². The van der Waals surface area contributed by atoms with Crippen LogP contribution in [0.3, 0.4) is 0 Å². The van der Waals surface area contributed by atoms with Crippen molar-refractivity contribution >= 4 is 17.7 Å². The van der Waals surface area contributed by atoms with Gasteiger partial charge in [-0.15, -0.1) is 0 Å². The third-order valence-electron chi connectivity index (χ3n) is 5.42. The molecule has 0 bridgehead atoms. The highest BCUT2D eigenvalue weighted by atomic mass is 16.2. The third-order valence-corrected chi connectivity index (χ3v) is 5.42. The van der Waals surface area contributed by atoms with E-state index in [0.29, 0.717) is 25.9 Å². The third kappa shape index (κ3) is 4.71. The number of carbonyl (C=O) groups excluding carboxylic acids is 3. The van der Waals surface area contributed by atoms with E-state index in [0.717, 1.165) is 25.7 Å². The van der Waals surface area contributed by atoms with Gasteiger partial charge in [0.05, 0.1) is 0 Å². The molecule has 1 aliphatic carbocycles. The average molecular weight is 337 g/mol. The Balaban J connectivity index is 1.93. The number of rotatable bonds is 5. The molecule has 0 aromatic heterocycles. The van der Waals surface area contributed by atoms with Gasteiger partial charge in [0, 0.05) is 24.9 Å². The highest BCUT2D eigenvalue weighted by Gasteiger charge is 2.33. The highest BCUT2D eigenvalue weighted by molar-refractivity contribution is 5.89. The summed E-state index contributed by atoms with van der Waals surface area (Å²) in [6.07, 6.45) is 6.47. The lowest BCUT2D eigenvalue weighted by Crippen LogP contribution is -2.54. The van der Waals surface area contributed by atoms with Crippen molar-refractivity contribution in [3.63, 3.8) is 0 Å². The van der Waals surface area contributed by atoms with E-state index in [1.807, 2.05) is 13.8 Å². The molecule has 2 rings (SSSR count). The highest BCUT2D eigenvalue weighted by Crippen LogP contribution is 2.24.